The first-order valence-corrected chi connectivity index (χ1v) is 7.28. The maximum Gasteiger partial charge on any atom is 0.315 e. The molecule has 1 N–H and O–H groups in total. The minimum Gasteiger partial charge on any atom is -0.460 e. The molecular formula is C16H14BrNO2. The Bertz CT molecular complexity index is 642. The summed E-state index contributed by atoms with van der Waals surface area (Å²) < 4.78 is 6.40. The number of ether oxygens (including phenoxy) is 1. The lowest BCUT2D eigenvalue weighted by atomic mass is 10.0. The van der Waals surface area contributed by atoms with Gasteiger partial charge in [-0.25, -0.2) is 0 Å². The molecular weight excluding hydrogens is 318 g/mol. The molecule has 1 heterocycles. The summed E-state index contributed by atoms with van der Waals surface area (Å²) in [7, 11) is 0. The summed E-state index contributed by atoms with van der Waals surface area (Å²) in [6.45, 7) is 0.896. The lowest BCUT2D eigenvalue weighted by Gasteiger charge is -2.11. The van der Waals surface area contributed by atoms with Crippen LogP contribution in [0, 0.1) is 0 Å². The molecule has 0 spiro atoms. The van der Waals surface area contributed by atoms with Crippen LogP contribution in [0.15, 0.2) is 53.0 Å². The Hall–Kier alpha value is -1.81. The number of para-hydroxylation sites is 1. The van der Waals surface area contributed by atoms with Crippen molar-refractivity contribution in [2.45, 2.75) is 12.5 Å². The van der Waals surface area contributed by atoms with Crippen LogP contribution in [0.1, 0.15) is 17.0 Å². The minimum atomic E-state index is -0.214. The highest BCUT2D eigenvalue weighted by Gasteiger charge is 2.29. The Balaban J connectivity index is 1.68. The van der Waals surface area contributed by atoms with Crippen molar-refractivity contribution in [2.24, 2.45) is 0 Å². The first kappa shape index (κ1) is 13.2. The monoisotopic (exact) mass is 331 g/mol. The average Bonchev–Trinajstić information content (AvgIpc) is 2.90. The third kappa shape index (κ3) is 2.56. The second-order valence-electron chi connectivity index (χ2n) is 4.72. The number of benzene rings is 2. The maximum atomic E-state index is 12.2. The smallest absolute Gasteiger partial charge is 0.315 e. The summed E-state index contributed by atoms with van der Waals surface area (Å²) in [6.07, 6.45) is 0. The summed E-state index contributed by atoms with van der Waals surface area (Å²) >= 11 is 3.45. The zero-order valence-electron chi connectivity index (χ0n) is 10.8. The molecule has 20 heavy (non-hydrogen) atoms. The Morgan fingerprint density at radius 1 is 1.20 bits per heavy atom. The highest BCUT2D eigenvalue weighted by atomic mass is 79.9. The van der Waals surface area contributed by atoms with Gasteiger partial charge in [0.1, 0.15) is 12.5 Å². The Morgan fingerprint density at radius 2 is 1.95 bits per heavy atom. The van der Waals surface area contributed by atoms with Crippen molar-refractivity contribution >= 4 is 27.6 Å². The number of halogens is 1. The van der Waals surface area contributed by atoms with Crippen molar-refractivity contribution in [3.63, 3.8) is 0 Å². The molecule has 1 aliphatic heterocycles. The van der Waals surface area contributed by atoms with Gasteiger partial charge in [0, 0.05) is 22.3 Å². The molecule has 0 saturated carbocycles. The third-order valence-corrected chi connectivity index (χ3v) is 4.22. The van der Waals surface area contributed by atoms with Gasteiger partial charge in [0.25, 0.3) is 0 Å². The highest BCUT2D eigenvalue weighted by molar-refractivity contribution is 9.10. The summed E-state index contributed by atoms with van der Waals surface area (Å²) in [5, 5.41) is 3.23. The summed E-state index contributed by atoms with van der Waals surface area (Å²) in [6, 6.07) is 15.6. The minimum absolute atomic E-state index is 0.182. The average molecular weight is 332 g/mol. The second-order valence-corrected chi connectivity index (χ2v) is 5.57. The van der Waals surface area contributed by atoms with Gasteiger partial charge in [-0.1, -0.05) is 52.3 Å². The number of esters is 1. The molecule has 0 aliphatic carbocycles. The molecule has 0 radical (unpaired) electrons. The van der Waals surface area contributed by atoms with Gasteiger partial charge in [-0.15, -0.1) is 0 Å². The van der Waals surface area contributed by atoms with Crippen LogP contribution in [0.3, 0.4) is 0 Å². The van der Waals surface area contributed by atoms with Crippen molar-refractivity contribution in [3.8, 4) is 0 Å². The zero-order valence-corrected chi connectivity index (χ0v) is 12.4. The van der Waals surface area contributed by atoms with Gasteiger partial charge in [0.05, 0.1) is 0 Å². The lowest BCUT2D eigenvalue weighted by molar-refractivity contribution is -0.146. The molecule has 1 atom stereocenters. The molecule has 1 unspecified atom stereocenters. The fourth-order valence-electron chi connectivity index (χ4n) is 2.36. The van der Waals surface area contributed by atoms with Crippen molar-refractivity contribution in [1.29, 1.82) is 0 Å². The van der Waals surface area contributed by atoms with Crippen molar-refractivity contribution in [3.05, 3.63) is 64.1 Å². The van der Waals surface area contributed by atoms with Gasteiger partial charge in [0.2, 0.25) is 0 Å². The van der Waals surface area contributed by atoms with Crippen LogP contribution in [0.5, 0.6) is 0 Å². The molecule has 0 aromatic heterocycles. The predicted molar refractivity (Wildman–Crippen MR) is 81.6 cm³/mol. The van der Waals surface area contributed by atoms with E-state index in [2.05, 4.69) is 21.2 Å². The van der Waals surface area contributed by atoms with Crippen LogP contribution in [-0.4, -0.2) is 12.5 Å². The lowest BCUT2D eigenvalue weighted by Crippen LogP contribution is -2.17. The quantitative estimate of drug-likeness (QED) is 0.871. The van der Waals surface area contributed by atoms with E-state index in [0.717, 1.165) is 21.3 Å². The molecule has 0 fully saturated rings. The van der Waals surface area contributed by atoms with E-state index >= 15 is 0 Å². The summed E-state index contributed by atoms with van der Waals surface area (Å²) in [4.78, 5) is 12.2. The van der Waals surface area contributed by atoms with E-state index in [0.29, 0.717) is 13.2 Å². The van der Waals surface area contributed by atoms with Crippen molar-refractivity contribution < 1.29 is 9.53 Å². The fourth-order valence-corrected chi connectivity index (χ4v) is 2.76. The molecule has 2 aromatic rings. The molecule has 0 bridgehead atoms. The van der Waals surface area contributed by atoms with Gasteiger partial charge in [0.15, 0.2) is 0 Å². The number of carbonyl (C=O) groups is 1. The SMILES string of the molecule is O=C(OCc1ccccc1Br)C1CNc2ccccc21. The maximum absolute atomic E-state index is 12.2. The number of carbonyl (C=O) groups excluding carboxylic acids is 1. The third-order valence-electron chi connectivity index (χ3n) is 3.45. The molecule has 102 valence electrons. The van der Waals surface area contributed by atoms with Crippen molar-refractivity contribution in [2.75, 3.05) is 11.9 Å². The summed E-state index contributed by atoms with van der Waals surface area (Å²) in [5.74, 6) is -0.396. The van der Waals surface area contributed by atoms with Crippen LogP contribution in [-0.2, 0) is 16.1 Å². The number of hydrogen-bond acceptors (Lipinski definition) is 3. The first-order chi connectivity index (χ1) is 9.75. The first-order valence-electron chi connectivity index (χ1n) is 6.48. The zero-order chi connectivity index (χ0) is 13.9. The van der Waals surface area contributed by atoms with Gasteiger partial charge >= 0.3 is 5.97 Å². The Morgan fingerprint density at radius 3 is 2.80 bits per heavy atom. The normalized spacial score (nSPS) is 16.4. The Kier molecular flexibility index (Phi) is 3.74. The van der Waals surface area contributed by atoms with E-state index in [-0.39, 0.29) is 11.9 Å². The van der Waals surface area contributed by atoms with Gasteiger partial charge in [-0.3, -0.25) is 4.79 Å². The van der Waals surface area contributed by atoms with E-state index in [9.17, 15) is 4.79 Å². The fraction of sp³-hybridized carbons (Fsp3) is 0.188. The topological polar surface area (TPSA) is 38.3 Å². The predicted octanol–water partition coefficient (Wildman–Crippen LogP) is 3.70. The van der Waals surface area contributed by atoms with Crippen LogP contribution >= 0.6 is 15.9 Å². The van der Waals surface area contributed by atoms with E-state index < -0.39 is 0 Å². The molecule has 2 aromatic carbocycles. The number of hydrogen-bond donors (Lipinski definition) is 1. The van der Waals surface area contributed by atoms with Crippen LogP contribution in [0.25, 0.3) is 0 Å². The highest BCUT2D eigenvalue weighted by Crippen LogP contribution is 2.32. The van der Waals surface area contributed by atoms with E-state index in [1.165, 1.54) is 0 Å². The van der Waals surface area contributed by atoms with Crippen LogP contribution in [0.4, 0.5) is 5.69 Å². The van der Waals surface area contributed by atoms with E-state index in [1.54, 1.807) is 0 Å². The number of rotatable bonds is 3. The number of nitrogens with one attached hydrogen (secondary N) is 1. The molecule has 0 amide bonds. The number of fused-ring (bicyclic) bond motifs is 1. The summed E-state index contributed by atoms with van der Waals surface area (Å²) in [5.41, 5.74) is 3.01. The van der Waals surface area contributed by atoms with Gasteiger partial charge in [-0.2, -0.15) is 0 Å². The molecule has 0 saturated heterocycles. The molecule has 3 nitrogen and oxygen atoms in total. The van der Waals surface area contributed by atoms with Gasteiger partial charge < -0.3 is 10.1 Å². The van der Waals surface area contributed by atoms with Crippen LogP contribution < -0.4 is 5.32 Å². The van der Waals surface area contributed by atoms with E-state index in [1.807, 2.05) is 48.5 Å². The molecule has 1 aliphatic rings. The van der Waals surface area contributed by atoms with Crippen LogP contribution in [0.2, 0.25) is 0 Å². The van der Waals surface area contributed by atoms with Crippen molar-refractivity contribution in [1.82, 2.24) is 0 Å². The van der Waals surface area contributed by atoms with Gasteiger partial charge in [-0.05, 0) is 17.7 Å². The van der Waals surface area contributed by atoms with E-state index in [4.69, 9.17) is 4.74 Å². The molecule has 4 heteroatoms. The second kappa shape index (κ2) is 5.67. The standard InChI is InChI=1S/C16H14BrNO2/c17-14-7-3-1-5-11(14)10-20-16(19)13-9-18-15-8-4-2-6-12(13)15/h1-8,13,18H,9-10H2. The molecule has 3 rings (SSSR count). The Labute approximate surface area is 126 Å². The largest absolute Gasteiger partial charge is 0.460 e. The number of anilines is 1.